The minimum atomic E-state index is 0.00607. The molecular formula is C13H20ClN3O. The molecule has 1 amide bonds. The van der Waals surface area contributed by atoms with Gasteiger partial charge in [0.25, 0.3) is 0 Å². The Hall–Kier alpha value is -1.10. The minimum absolute atomic E-state index is 0.00607. The molecule has 0 bridgehead atoms. The van der Waals surface area contributed by atoms with Gasteiger partial charge in [0.2, 0.25) is 5.91 Å². The fourth-order valence-corrected chi connectivity index (χ4v) is 1.91. The summed E-state index contributed by atoms with van der Waals surface area (Å²) in [7, 11) is 1.64. The summed E-state index contributed by atoms with van der Waals surface area (Å²) in [5.41, 5.74) is 7.58. The Morgan fingerprint density at radius 2 is 2.22 bits per heavy atom. The smallest absolute Gasteiger partial charge is 0.233 e. The fraction of sp³-hybridized carbons (Fsp3) is 0.462. The number of carbonyl (C=O) groups is 1. The van der Waals surface area contributed by atoms with Gasteiger partial charge in [0, 0.05) is 25.2 Å². The number of amides is 1. The van der Waals surface area contributed by atoms with E-state index in [1.165, 1.54) is 0 Å². The van der Waals surface area contributed by atoms with E-state index in [-0.39, 0.29) is 5.91 Å². The first-order valence-electron chi connectivity index (χ1n) is 6.01. The van der Waals surface area contributed by atoms with Crippen LogP contribution in [0.5, 0.6) is 0 Å². The summed E-state index contributed by atoms with van der Waals surface area (Å²) in [5, 5.41) is 3.32. The number of hydrogen-bond acceptors (Lipinski definition) is 3. The molecule has 18 heavy (non-hydrogen) atoms. The van der Waals surface area contributed by atoms with Crippen molar-refractivity contribution >= 4 is 17.5 Å². The Balaban J connectivity index is 2.72. The number of nitrogens with two attached hydrogens (primary N) is 1. The highest BCUT2D eigenvalue weighted by atomic mass is 35.5. The van der Waals surface area contributed by atoms with Crippen LogP contribution in [0.25, 0.3) is 0 Å². The van der Waals surface area contributed by atoms with Crippen molar-refractivity contribution in [1.29, 1.82) is 0 Å². The van der Waals surface area contributed by atoms with Crippen molar-refractivity contribution in [2.45, 2.75) is 20.0 Å². The molecule has 4 nitrogen and oxygen atoms in total. The predicted octanol–water partition coefficient (Wildman–Crippen LogP) is 1.37. The summed E-state index contributed by atoms with van der Waals surface area (Å²) in [4.78, 5) is 13.4. The summed E-state index contributed by atoms with van der Waals surface area (Å²) in [6, 6.07) is 5.82. The maximum absolute atomic E-state index is 11.4. The van der Waals surface area contributed by atoms with E-state index < -0.39 is 0 Å². The molecule has 3 N–H and O–H groups in total. The molecule has 0 saturated heterocycles. The zero-order valence-corrected chi connectivity index (χ0v) is 11.6. The van der Waals surface area contributed by atoms with Crippen LogP contribution in [0.4, 0.5) is 0 Å². The van der Waals surface area contributed by atoms with Gasteiger partial charge in [0.1, 0.15) is 0 Å². The number of nitrogens with zero attached hydrogens (tertiary/aromatic N) is 1. The number of benzene rings is 1. The Morgan fingerprint density at radius 1 is 1.50 bits per heavy atom. The maximum atomic E-state index is 11.4. The minimum Gasteiger partial charge on any atom is -0.358 e. The van der Waals surface area contributed by atoms with Crippen molar-refractivity contribution in [3.8, 4) is 0 Å². The summed E-state index contributed by atoms with van der Waals surface area (Å²) in [6.45, 7) is 4.33. The van der Waals surface area contributed by atoms with Crippen LogP contribution >= 0.6 is 11.6 Å². The van der Waals surface area contributed by atoms with Gasteiger partial charge in [-0.1, -0.05) is 30.7 Å². The number of carbonyl (C=O) groups excluding carboxylic acids is 1. The topological polar surface area (TPSA) is 58.4 Å². The molecule has 1 aromatic rings. The highest BCUT2D eigenvalue weighted by molar-refractivity contribution is 6.31. The second kappa shape index (κ2) is 7.36. The van der Waals surface area contributed by atoms with E-state index >= 15 is 0 Å². The van der Waals surface area contributed by atoms with Gasteiger partial charge < -0.3 is 11.1 Å². The summed E-state index contributed by atoms with van der Waals surface area (Å²) < 4.78 is 0. The zero-order valence-electron chi connectivity index (χ0n) is 10.9. The van der Waals surface area contributed by atoms with Crippen LogP contribution in [0.15, 0.2) is 18.2 Å². The van der Waals surface area contributed by atoms with Crippen molar-refractivity contribution < 1.29 is 4.79 Å². The first-order valence-corrected chi connectivity index (χ1v) is 6.38. The van der Waals surface area contributed by atoms with Crippen LogP contribution in [-0.4, -0.2) is 30.9 Å². The Labute approximate surface area is 113 Å². The van der Waals surface area contributed by atoms with E-state index in [0.717, 1.165) is 17.7 Å². The molecule has 100 valence electrons. The normalized spacial score (nSPS) is 10.7. The van der Waals surface area contributed by atoms with Crippen molar-refractivity contribution in [2.24, 2.45) is 5.73 Å². The number of halogens is 1. The van der Waals surface area contributed by atoms with Gasteiger partial charge in [-0.05, 0) is 23.7 Å². The average molecular weight is 270 g/mol. The lowest BCUT2D eigenvalue weighted by atomic mass is 10.1. The van der Waals surface area contributed by atoms with Crippen LogP contribution in [0.1, 0.15) is 18.1 Å². The number of rotatable bonds is 6. The van der Waals surface area contributed by atoms with Gasteiger partial charge in [0.15, 0.2) is 0 Å². The summed E-state index contributed by atoms with van der Waals surface area (Å²) >= 11 is 6.20. The van der Waals surface area contributed by atoms with E-state index in [9.17, 15) is 4.79 Å². The van der Waals surface area contributed by atoms with Gasteiger partial charge in [-0.25, -0.2) is 0 Å². The Kier molecular flexibility index (Phi) is 6.12. The lowest BCUT2D eigenvalue weighted by molar-refractivity contribution is -0.121. The molecule has 0 aliphatic carbocycles. The van der Waals surface area contributed by atoms with Crippen LogP contribution < -0.4 is 11.1 Å². The second-order valence-corrected chi connectivity index (χ2v) is 4.51. The molecule has 0 atom stereocenters. The number of likely N-dealkylation sites (N-methyl/N-ethyl adjacent to an activating group) is 2. The molecule has 0 fully saturated rings. The largest absolute Gasteiger partial charge is 0.358 e. The van der Waals surface area contributed by atoms with Gasteiger partial charge in [-0.15, -0.1) is 0 Å². The molecule has 1 rings (SSSR count). The molecular weight excluding hydrogens is 250 g/mol. The summed E-state index contributed by atoms with van der Waals surface area (Å²) in [5.74, 6) is 0.00607. The lowest BCUT2D eigenvalue weighted by Gasteiger charge is -2.20. The number of nitrogens with one attached hydrogen (secondary N) is 1. The first-order chi connectivity index (χ1) is 8.60. The molecule has 0 saturated carbocycles. The van der Waals surface area contributed by atoms with Gasteiger partial charge in [-0.2, -0.15) is 0 Å². The Bertz CT molecular complexity index is 409. The van der Waals surface area contributed by atoms with Crippen LogP contribution in [-0.2, 0) is 17.9 Å². The molecule has 0 unspecified atom stereocenters. The second-order valence-electron chi connectivity index (χ2n) is 4.11. The van der Waals surface area contributed by atoms with Crippen LogP contribution in [0.2, 0.25) is 5.02 Å². The van der Waals surface area contributed by atoms with Crippen molar-refractivity contribution in [3.05, 3.63) is 34.3 Å². The van der Waals surface area contributed by atoms with Gasteiger partial charge >= 0.3 is 0 Å². The zero-order chi connectivity index (χ0) is 13.5. The standard InChI is InChI=1S/C13H20ClN3O/c1-3-17(9-13(18)16-2)8-11-5-4-10(7-15)6-12(11)14/h4-6H,3,7-9,15H2,1-2H3,(H,16,18). The third kappa shape index (κ3) is 4.29. The monoisotopic (exact) mass is 269 g/mol. The number of hydrogen-bond donors (Lipinski definition) is 2. The lowest BCUT2D eigenvalue weighted by Crippen LogP contribution is -2.35. The molecule has 0 aliphatic heterocycles. The van der Waals surface area contributed by atoms with Crippen molar-refractivity contribution in [1.82, 2.24) is 10.2 Å². The first kappa shape index (κ1) is 15.0. The molecule has 0 aliphatic rings. The van der Waals surface area contributed by atoms with Gasteiger partial charge in [-0.3, -0.25) is 9.69 Å². The maximum Gasteiger partial charge on any atom is 0.233 e. The van der Waals surface area contributed by atoms with E-state index in [1.807, 2.05) is 30.0 Å². The van der Waals surface area contributed by atoms with Crippen LogP contribution in [0.3, 0.4) is 0 Å². The third-order valence-corrected chi connectivity index (χ3v) is 3.19. The highest BCUT2D eigenvalue weighted by Crippen LogP contribution is 2.19. The Morgan fingerprint density at radius 3 is 2.72 bits per heavy atom. The molecule has 1 aromatic carbocycles. The van der Waals surface area contributed by atoms with Crippen molar-refractivity contribution in [3.63, 3.8) is 0 Å². The molecule has 0 spiro atoms. The molecule has 5 heteroatoms. The summed E-state index contributed by atoms with van der Waals surface area (Å²) in [6.07, 6.45) is 0. The van der Waals surface area contributed by atoms with Crippen LogP contribution in [0, 0.1) is 0 Å². The molecule has 0 radical (unpaired) electrons. The quantitative estimate of drug-likeness (QED) is 0.820. The van der Waals surface area contributed by atoms with Gasteiger partial charge in [0.05, 0.1) is 6.54 Å². The SMILES string of the molecule is CCN(CC(=O)NC)Cc1ccc(CN)cc1Cl. The van der Waals surface area contributed by atoms with E-state index in [0.29, 0.717) is 24.7 Å². The van der Waals surface area contributed by atoms with E-state index in [1.54, 1.807) is 7.05 Å². The third-order valence-electron chi connectivity index (χ3n) is 2.84. The highest BCUT2D eigenvalue weighted by Gasteiger charge is 2.10. The molecule has 0 aromatic heterocycles. The van der Waals surface area contributed by atoms with E-state index in [2.05, 4.69) is 5.32 Å². The molecule has 0 heterocycles. The fourth-order valence-electron chi connectivity index (χ4n) is 1.65. The van der Waals surface area contributed by atoms with E-state index in [4.69, 9.17) is 17.3 Å². The predicted molar refractivity (Wildman–Crippen MR) is 74.4 cm³/mol. The average Bonchev–Trinajstić information content (AvgIpc) is 2.39. The van der Waals surface area contributed by atoms with Crippen molar-refractivity contribution in [2.75, 3.05) is 20.1 Å².